The molecule has 1 fully saturated rings. The molecule has 3 aromatic rings. The molecule has 0 radical (unpaired) electrons. The van der Waals surface area contributed by atoms with E-state index < -0.39 is 0 Å². The maximum atomic E-state index is 12.3. The summed E-state index contributed by atoms with van der Waals surface area (Å²) in [6.07, 6.45) is 5.59. The van der Waals surface area contributed by atoms with E-state index in [2.05, 4.69) is 35.1 Å². The maximum Gasteiger partial charge on any atom is 0.251 e. The number of carbonyl (C=O) groups is 1. The minimum Gasteiger partial charge on any atom is -0.357 e. The van der Waals surface area contributed by atoms with Gasteiger partial charge in [0.05, 0.1) is 10.7 Å². The number of halogens is 1. The number of hydrogen-bond acceptors (Lipinski definition) is 5. The monoisotopic (exact) mass is 454 g/mol. The van der Waals surface area contributed by atoms with E-state index in [9.17, 15) is 4.79 Å². The van der Waals surface area contributed by atoms with Crippen molar-refractivity contribution < 1.29 is 4.79 Å². The second kappa shape index (κ2) is 9.79. The van der Waals surface area contributed by atoms with Gasteiger partial charge in [-0.15, -0.1) is 11.3 Å². The second-order valence-electron chi connectivity index (χ2n) is 8.29. The van der Waals surface area contributed by atoms with Crippen molar-refractivity contribution in [2.45, 2.75) is 33.1 Å². The molecule has 162 valence electrons. The van der Waals surface area contributed by atoms with Crippen LogP contribution >= 0.6 is 22.9 Å². The Bertz CT molecular complexity index is 1060. The molecule has 3 heterocycles. The Morgan fingerprint density at radius 2 is 2.00 bits per heavy atom. The fraction of sp³-hybridized carbons (Fsp3) is 0.375. The van der Waals surface area contributed by atoms with Crippen LogP contribution in [0.3, 0.4) is 0 Å². The van der Waals surface area contributed by atoms with Crippen LogP contribution in [0.4, 0.5) is 5.82 Å². The minimum atomic E-state index is -0.108. The largest absolute Gasteiger partial charge is 0.357 e. The van der Waals surface area contributed by atoms with Gasteiger partial charge in [-0.2, -0.15) is 0 Å². The predicted molar refractivity (Wildman–Crippen MR) is 129 cm³/mol. The Hall–Kier alpha value is -2.44. The zero-order valence-electron chi connectivity index (χ0n) is 17.9. The van der Waals surface area contributed by atoms with Gasteiger partial charge in [-0.1, -0.05) is 31.5 Å². The average Bonchev–Trinajstić information content (AvgIpc) is 3.28. The molecule has 1 aromatic carbocycles. The number of hydrogen-bond donors (Lipinski definition) is 1. The van der Waals surface area contributed by atoms with Crippen LogP contribution in [0.1, 0.15) is 43.5 Å². The van der Waals surface area contributed by atoms with Crippen molar-refractivity contribution in [3.05, 3.63) is 52.5 Å². The Morgan fingerprint density at radius 3 is 2.74 bits per heavy atom. The van der Waals surface area contributed by atoms with Gasteiger partial charge >= 0.3 is 0 Å². The molecule has 1 saturated heterocycles. The summed E-state index contributed by atoms with van der Waals surface area (Å²) < 4.78 is 0. The van der Waals surface area contributed by atoms with Crippen LogP contribution in [-0.2, 0) is 0 Å². The first-order valence-electron chi connectivity index (χ1n) is 10.8. The summed E-state index contributed by atoms with van der Waals surface area (Å²) in [5.41, 5.74) is 3.27. The van der Waals surface area contributed by atoms with Crippen molar-refractivity contribution in [3.8, 4) is 21.8 Å². The van der Waals surface area contributed by atoms with Crippen LogP contribution in [0.15, 0.2) is 41.9 Å². The van der Waals surface area contributed by atoms with E-state index in [1.54, 1.807) is 23.5 Å². The van der Waals surface area contributed by atoms with E-state index in [-0.39, 0.29) is 5.91 Å². The van der Waals surface area contributed by atoms with E-state index >= 15 is 0 Å². The van der Waals surface area contributed by atoms with Crippen molar-refractivity contribution in [1.29, 1.82) is 0 Å². The molecule has 1 amide bonds. The minimum absolute atomic E-state index is 0.108. The van der Waals surface area contributed by atoms with E-state index in [1.165, 1.54) is 19.3 Å². The molecule has 5 nitrogen and oxygen atoms in total. The fourth-order valence-electron chi connectivity index (χ4n) is 3.64. The Kier molecular flexibility index (Phi) is 6.88. The Morgan fingerprint density at radius 1 is 1.19 bits per heavy atom. The van der Waals surface area contributed by atoms with Gasteiger partial charge in [0.2, 0.25) is 0 Å². The van der Waals surface area contributed by atoms with Crippen LogP contribution in [-0.4, -0.2) is 35.5 Å². The summed E-state index contributed by atoms with van der Waals surface area (Å²) in [4.78, 5) is 24.0. The molecule has 7 heteroatoms. The lowest BCUT2D eigenvalue weighted by Gasteiger charge is -2.27. The molecule has 0 spiro atoms. The van der Waals surface area contributed by atoms with Crippen molar-refractivity contribution in [1.82, 2.24) is 15.3 Å². The third kappa shape index (κ3) is 5.25. The zero-order valence-corrected chi connectivity index (χ0v) is 19.5. The number of amides is 1. The predicted octanol–water partition coefficient (Wildman–Crippen LogP) is 5.90. The summed E-state index contributed by atoms with van der Waals surface area (Å²) in [6.45, 7) is 6.89. The molecule has 1 aliphatic heterocycles. The number of benzene rings is 1. The highest BCUT2D eigenvalue weighted by Gasteiger charge is 2.16. The molecular formula is C24H27ClN4OS. The number of aromatic nitrogens is 2. The lowest BCUT2D eigenvalue weighted by Crippen LogP contribution is -2.30. The highest BCUT2D eigenvalue weighted by atomic mass is 35.5. The standard InChI is InChI=1S/C24H27ClN4OS/c1-16(2)14-27-23(30)17-6-7-19(20(25)12-17)21-15-31-24(28-21)18-8-9-26-22(13-18)29-10-4-3-5-11-29/h6-9,12-13,15-16H,3-5,10-11,14H2,1-2H3,(H,27,30). The molecular weight excluding hydrogens is 428 g/mol. The number of piperidine rings is 1. The number of pyridine rings is 1. The van der Waals surface area contributed by atoms with Gasteiger partial charge in [0.25, 0.3) is 5.91 Å². The van der Waals surface area contributed by atoms with Gasteiger partial charge in [-0.05, 0) is 49.4 Å². The molecule has 0 saturated carbocycles. The Labute approximate surface area is 192 Å². The molecule has 0 bridgehead atoms. The van der Waals surface area contributed by atoms with Crippen molar-refractivity contribution in [2.24, 2.45) is 5.92 Å². The third-order valence-corrected chi connectivity index (χ3v) is 6.56. The van der Waals surface area contributed by atoms with Crippen LogP contribution in [0.5, 0.6) is 0 Å². The van der Waals surface area contributed by atoms with Gasteiger partial charge in [0, 0.05) is 47.9 Å². The first kappa shape index (κ1) is 21.8. The number of thiazole rings is 1. The van der Waals surface area contributed by atoms with Crippen molar-refractivity contribution >= 4 is 34.7 Å². The Balaban J connectivity index is 1.53. The number of nitrogens with one attached hydrogen (secondary N) is 1. The molecule has 2 aromatic heterocycles. The molecule has 4 rings (SSSR count). The SMILES string of the molecule is CC(C)CNC(=O)c1ccc(-c2csc(-c3ccnc(N4CCCCC4)c3)n2)c(Cl)c1. The van der Waals surface area contributed by atoms with E-state index in [0.29, 0.717) is 23.0 Å². The summed E-state index contributed by atoms with van der Waals surface area (Å²) in [7, 11) is 0. The van der Waals surface area contributed by atoms with Gasteiger partial charge < -0.3 is 10.2 Å². The maximum absolute atomic E-state index is 12.3. The van der Waals surface area contributed by atoms with Crippen LogP contribution in [0.25, 0.3) is 21.8 Å². The van der Waals surface area contributed by atoms with Gasteiger partial charge in [0.15, 0.2) is 0 Å². The van der Waals surface area contributed by atoms with Crippen LogP contribution in [0.2, 0.25) is 5.02 Å². The van der Waals surface area contributed by atoms with Gasteiger partial charge in [-0.3, -0.25) is 4.79 Å². The molecule has 0 atom stereocenters. The summed E-state index contributed by atoms with van der Waals surface area (Å²) in [5.74, 6) is 1.31. The highest BCUT2D eigenvalue weighted by Crippen LogP contribution is 2.34. The lowest BCUT2D eigenvalue weighted by atomic mass is 10.1. The first-order valence-corrected chi connectivity index (χ1v) is 12.0. The third-order valence-electron chi connectivity index (χ3n) is 5.35. The van der Waals surface area contributed by atoms with E-state index in [4.69, 9.17) is 16.6 Å². The lowest BCUT2D eigenvalue weighted by molar-refractivity contribution is 0.0949. The highest BCUT2D eigenvalue weighted by molar-refractivity contribution is 7.13. The summed E-state index contributed by atoms with van der Waals surface area (Å²) >= 11 is 8.11. The normalized spacial score (nSPS) is 14.1. The van der Waals surface area contributed by atoms with Gasteiger partial charge in [-0.25, -0.2) is 9.97 Å². The van der Waals surface area contributed by atoms with Gasteiger partial charge in [0.1, 0.15) is 10.8 Å². The van der Waals surface area contributed by atoms with E-state index in [0.717, 1.165) is 40.7 Å². The summed E-state index contributed by atoms with van der Waals surface area (Å²) in [6, 6.07) is 9.51. The quantitative estimate of drug-likeness (QED) is 0.503. The van der Waals surface area contributed by atoms with Crippen molar-refractivity contribution in [3.63, 3.8) is 0 Å². The number of rotatable bonds is 6. The smallest absolute Gasteiger partial charge is 0.251 e. The molecule has 0 aliphatic carbocycles. The number of nitrogens with zero attached hydrogens (tertiary/aromatic N) is 3. The topological polar surface area (TPSA) is 58.1 Å². The average molecular weight is 455 g/mol. The van der Waals surface area contributed by atoms with Crippen LogP contribution in [0, 0.1) is 5.92 Å². The van der Waals surface area contributed by atoms with Crippen molar-refractivity contribution in [2.75, 3.05) is 24.5 Å². The molecule has 1 aliphatic rings. The number of anilines is 1. The number of carbonyl (C=O) groups excluding carboxylic acids is 1. The van der Waals surface area contributed by atoms with E-state index in [1.807, 2.05) is 23.7 Å². The second-order valence-corrected chi connectivity index (χ2v) is 9.55. The summed E-state index contributed by atoms with van der Waals surface area (Å²) in [5, 5.41) is 6.39. The zero-order chi connectivity index (χ0) is 21.8. The molecule has 1 N–H and O–H groups in total. The molecule has 31 heavy (non-hydrogen) atoms. The fourth-order valence-corrected chi connectivity index (χ4v) is 4.73. The van der Waals surface area contributed by atoms with Crippen LogP contribution < -0.4 is 10.2 Å². The molecule has 0 unspecified atom stereocenters. The first-order chi connectivity index (χ1) is 15.0.